The maximum atomic E-state index is 11.8. The molecular formula is C21H29N3O2. The fourth-order valence-corrected chi connectivity index (χ4v) is 3.77. The molecule has 1 aromatic heterocycles. The van der Waals surface area contributed by atoms with Crippen molar-refractivity contribution in [1.82, 2.24) is 9.55 Å². The zero-order valence-electron chi connectivity index (χ0n) is 15.9. The normalized spacial score (nSPS) is 15.9. The first-order valence-electron chi connectivity index (χ1n) is 9.70. The van der Waals surface area contributed by atoms with Gasteiger partial charge < -0.3 is 14.2 Å². The minimum absolute atomic E-state index is 0.112. The molecule has 1 unspecified atom stereocenters. The number of aryl methyl sites for hydroxylation is 2. The Morgan fingerprint density at radius 2 is 2.19 bits per heavy atom. The van der Waals surface area contributed by atoms with E-state index in [1.165, 1.54) is 16.8 Å². The highest BCUT2D eigenvalue weighted by Gasteiger charge is 2.28. The zero-order chi connectivity index (χ0) is 18.4. The van der Waals surface area contributed by atoms with Crippen LogP contribution in [0.15, 0.2) is 36.9 Å². The third-order valence-electron chi connectivity index (χ3n) is 5.04. The van der Waals surface area contributed by atoms with Gasteiger partial charge in [0.1, 0.15) is 0 Å². The van der Waals surface area contributed by atoms with E-state index in [1.807, 2.05) is 25.6 Å². The highest BCUT2D eigenvalue weighted by Crippen LogP contribution is 2.39. The van der Waals surface area contributed by atoms with Gasteiger partial charge in [0.25, 0.3) is 0 Å². The van der Waals surface area contributed by atoms with Crippen molar-refractivity contribution in [2.75, 3.05) is 24.6 Å². The molecule has 1 aliphatic heterocycles. The van der Waals surface area contributed by atoms with Crippen LogP contribution in [0.25, 0.3) is 0 Å². The molecule has 0 bridgehead atoms. The van der Waals surface area contributed by atoms with Gasteiger partial charge in [0.15, 0.2) is 0 Å². The third-order valence-corrected chi connectivity index (χ3v) is 5.04. The van der Waals surface area contributed by atoms with Gasteiger partial charge in [0, 0.05) is 43.6 Å². The maximum Gasteiger partial charge on any atom is 0.307 e. The molecule has 3 rings (SSSR count). The first-order chi connectivity index (χ1) is 12.7. The number of rotatable bonds is 9. The van der Waals surface area contributed by atoms with Gasteiger partial charge in [-0.15, -0.1) is 0 Å². The molecule has 1 atom stereocenters. The number of benzene rings is 1. The zero-order valence-corrected chi connectivity index (χ0v) is 15.9. The molecule has 0 saturated carbocycles. The summed E-state index contributed by atoms with van der Waals surface area (Å²) in [5, 5.41) is 0. The van der Waals surface area contributed by atoms with E-state index < -0.39 is 0 Å². The van der Waals surface area contributed by atoms with Crippen LogP contribution in [0.4, 0.5) is 5.69 Å². The summed E-state index contributed by atoms with van der Waals surface area (Å²) in [7, 11) is 0. The molecule has 0 N–H and O–H groups in total. The van der Waals surface area contributed by atoms with Gasteiger partial charge in [0.05, 0.1) is 19.4 Å². The Balaban J connectivity index is 1.72. The number of fused-ring (bicyclic) bond motifs is 1. The van der Waals surface area contributed by atoms with Crippen LogP contribution in [0.2, 0.25) is 0 Å². The van der Waals surface area contributed by atoms with Gasteiger partial charge in [-0.2, -0.15) is 0 Å². The van der Waals surface area contributed by atoms with Gasteiger partial charge in [0.2, 0.25) is 0 Å². The van der Waals surface area contributed by atoms with Gasteiger partial charge in [-0.05, 0) is 37.0 Å². The predicted molar refractivity (Wildman–Crippen MR) is 103 cm³/mol. The first-order valence-corrected chi connectivity index (χ1v) is 9.70. The Morgan fingerprint density at radius 1 is 1.31 bits per heavy atom. The molecule has 2 heterocycles. The van der Waals surface area contributed by atoms with Crippen molar-refractivity contribution in [2.24, 2.45) is 0 Å². The molecule has 1 aromatic carbocycles. The summed E-state index contributed by atoms with van der Waals surface area (Å²) in [6.45, 7) is 7.18. The summed E-state index contributed by atoms with van der Waals surface area (Å²) in [6.07, 6.45) is 9.51. The molecule has 1 aliphatic rings. The van der Waals surface area contributed by atoms with Crippen molar-refractivity contribution in [3.63, 3.8) is 0 Å². The van der Waals surface area contributed by atoms with Crippen LogP contribution in [-0.2, 0) is 22.5 Å². The van der Waals surface area contributed by atoms with Crippen molar-refractivity contribution in [3.8, 4) is 0 Å². The van der Waals surface area contributed by atoms with Gasteiger partial charge in [-0.25, -0.2) is 4.98 Å². The highest BCUT2D eigenvalue weighted by atomic mass is 16.5. The SMILES string of the molecule is CCCc1ccc2c(c1)C(CCn1ccnc1)CN2CCC(=O)OCC. The van der Waals surface area contributed by atoms with Crippen LogP contribution in [0, 0.1) is 0 Å². The number of esters is 1. The second-order valence-electron chi connectivity index (χ2n) is 6.93. The number of carbonyl (C=O) groups excluding carboxylic acids is 1. The number of carbonyl (C=O) groups is 1. The number of hydrogen-bond donors (Lipinski definition) is 0. The lowest BCUT2D eigenvalue weighted by Gasteiger charge is -2.19. The van der Waals surface area contributed by atoms with Crippen LogP contribution in [0.3, 0.4) is 0 Å². The summed E-state index contributed by atoms with van der Waals surface area (Å²) in [4.78, 5) is 18.2. The molecule has 0 amide bonds. The molecule has 2 aromatic rings. The lowest BCUT2D eigenvalue weighted by atomic mass is 9.95. The fraction of sp³-hybridized carbons (Fsp3) is 0.524. The van der Waals surface area contributed by atoms with E-state index in [2.05, 4.69) is 39.6 Å². The molecule has 0 spiro atoms. The monoisotopic (exact) mass is 355 g/mol. The molecule has 0 radical (unpaired) electrons. The second kappa shape index (κ2) is 8.88. The van der Waals surface area contributed by atoms with Crippen LogP contribution in [0.5, 0.6) is 0 Å². The van der Waals surface area contributed by atoms with E-state index in [4.69, 9.17) is 4.74 Å². The van der Waals surface area contributed by atoms with Crippen molar-refractivity contribution < 1.29 is 9.53 Å². The predicted octanol–water partition coefficient (Wildman–Crippen LogP) is 3.78. The lowest BCUT2D eigenvalue weighted by Crippen LogP contribution is -2.25. The molecule has 0 aliphatic carbocycles. The molecule has 140 valence electrons. The van der Waals surface area contributed by atoms with Crippen LogP contribution in [0.1, 0.15) is 50.2 Å². The number of ether oxygens (including phenoxy) is 1. The van der Waals surface area contributed by atoms with Crippen molar-refractivity contribution in [2.45, 2.75) is 52.0 Å². The van der Waals surface area contributed by atoms with E-state index in [0.29, 0.717) is 18.9 Å². The quantitative estimate of drug-likeness (QED) is 0.642. The van der Waals surface area contributed by atoms with E-state index in [-0.39, 0.29) is 5.97 Å². The summed E-state index contributed by atoms with van der Waals surface area (Å²) in [5.74, 6) is 0.380. The van der Waals surface area contributed by atoms with Crippen LogP contribution < -0.4 is 4.90 Å². The summed E-state index contributed by atoms with van der Waals surface area (Å²) >= 11 is 0. The maximum absolute atomic E-state index is 11.8. The highest BCUT2D eigenvalue weighted by molar-refractivity contribution is 5.71. The Kier molecular flexibility index (Phi) is 6.31. The number of anilines is 1. The number of nitrogens with zero attached hydrogens (tertiary/aromatic N) is 3. The number of hydrogen-bond acceptors (Lipinski definition) is 4. The van der Waals surface area contributed by atoms with E-state index in [9.17, 15) is 4.79 Å². The fourth-order valence-electron chi connectivity index (χ4n) is 3.77. The first kappa shape index (κ1) is 18.5. The third kappa shape index (κ3) is 4.45. The van der Waals surface area contributed by atoms with E-state index >= 15 is 0 Å². The largest absolute Gasteiger partial charge is 0.466 e. The second-order valence-corrected chi connectivity index (χ2v) is 6.93. The van der Waals surface area contributed by atoms with Crippen molar-refractivity contribution >= 4 is 11.7 Å². The Morgan fingerprint density at radius 3 is 2.92 bits per heavy atom. The number of imidazole rings is 1. The summed E-state index contributed by atoms with van der Waals surface area (Å²) in [5.41, 5.74) is 4.12. The van der Waals surface area contributed by atoms with Gasteiger partial charge >= 0.3 is 5.97 Å². The molecule has 0 saturated heterocycles. The van der Waals surface area contributed by atoms with Crippen molar-refractivity contribution in [3.05, 3.63) is 48.0 Å². The Bertz CT molecular complexity index is 712. The van der Waals surface area contributed by atoms with Gasteiger partial charge in [-0.1, -0.05) is 25.5 Å². The molecule has 26 heavy (non-hydrogen) atoms. The van der Waals surface area contributed by atoms with E-state index in [1.54, 1.807) is 0 Å². The van der Waals surface area contributed by atoms with E-state index in [0.717, 1.165) is 38.9 Å². The van der Waals surface area contributed by atoms with Gasteiger partial charge in [-0.3, -0.25) is 4.79 Å². The molecule has 0 fully saturated rings. The molecule has 5 heteroatoms. The minimum atomic E-state index is -0.112. The summed E-state index contributed by atoms with van der Waals surface area (Å²) < 4.78 is 7.22. The average molecular weight is 355 g/mol. The smallest absolute Gasteiger partial charge is 0.307 e. The molecule has 5 nitrogen and oxygen atoms in total. The average Bonchev–Trinajstić information content (AvgIpc) is 3.26. The van der Waals surface area contributed by atoms with Crippen LogP contribution in [-0.4, -0.2) is 35.2 Å². The summed E-state index contributed by atoms with van der Waals surface area (Å²) in [6, 6.07) is 6.85. The lowest BCUT2D eigenvalue weighted by molar-refractivity contribution is -0.142. The minimum Gasteiger partial charge on any atom is -0.466 e. The van der Waals surface area contributed by atoms with Crippen molar-refractivity contribution in [1.29, 1.82) is 0 Å². The standard InChI is InChI=1S/C21H29N3O2/c1-3-5-17-6-7-20-19(14-17)18(8-11-23-13-10-22-16-23)15-24(20)12-9-21(25)26-4-2/h6-7,10,13-14,16,18H,3-5,8-9,11-12,15H2,1-2H3. The molecular weight excluding hydrogens is 326 g/mol. The Hall–Kier alpha value is -2.30. The Labute approximate surface area is 156 Å². The number of aromatic nitrogens is 2. The topological polar surface area (TPSA) is 47.4 Å². The van der Waals surface area contributed by atoms with Crippen LogP contribution >= 0.6 is 0 Å².